The highest BCUT2D eigenvalue weighted by Crippen LogP contribution is 2.34. The lowest BCUT2D eigenvalue weighted by atomic mass is 9.88. The molecule has 17 heavy (non-hydrogen) atoms. The van der Waals surface area contributed by atoms with E-state index in [0.29, 0.717) is 23.9 Å². The zero-order chi connectivity index (χ0) is 11.8. The van der Waals surface area contributed by atoms with Crippen LogP contribution in [0.4, 0.5) is 0 Å². The molecule has 3 saturated heterocycles. The number of rotatable bonds is 1. The minimum absolute atomic E-state index is 0.294. The average Bonchev–Trinajstić information content (AvgIpc) is 2.88. The molecule has 0 saturated carbocycles. The summed E-state index contributed by atoms with van der Waals surface area (Å²) < 4.78 is 0. The van der Waals surface area contributed by atoms with Crippen molar-refractivity contribution in [3.63, 3.8) is 0 Å². The number of likely N-dealkylation sites (tertiary alicyclic amines) is 1. The molecule has 96 valence electrons. The first-order chi connectivity index (χ1) is 8.24. The van der Waals surface area contributed by atoms with Crippen molar-refractivity contribution in [2.45, 2.75) is 57.5 Å². The van der Waals surface area contributed by atoms with Crippen molar-refractivity contribution in [3.05, 3.63) is 0 Å². The molecule has 0 radical (unpaired) electrons. The van der Waals surface area contributed by atoms with Gasteiger partial charge in [-0.1, -0.05) is 6.92 Å². The van der Waals surface area contributed by atoms with Gasteiger partial charge in [-0.25, -0.2) is 0 Å². The number of carbonyl (C=O) groups excluding carboxylic acids is 1. The Bertz CT molecular complexity index is 305. The standard InChI is InChI=1S/C14H24N2O/c1-10-3-2-7-16(8-6-10)14(17)12-9-11-4-5-13(12)15-11/h10-13,15H,2-9H2,1H3. The number of nitrogens with zero attached hydrogens (tertiary/aromatic N) is 1. The van der Waals surface area contributed by atoms with Crippen LogP contribution in [0.25, 0.3) is 0 Å². The first kappa shape index (κ1) is 11.5. The Labute approximate surface area is 104 Å². The minimum Gasteiger partial charge on any atom is -0.342 e. The number of amides is 1. The molecular weight excluding hydrogens is 212 g/mol. The van der Waals surface area contributed by atoms with Gasteiger partial charge in [-0.2, -0.15) is 0 Å². The van der Waals surface area contributed by atoms with Gasteiger partial charge in [0.25, 0.3) is 0 Å². The molecule has 3 fully saturated rings. The molecule has 3 heteroatoms. The number of nitrogens with one attached hydrogen (secondary N) is 1. The van der Waals surface area contributed by atoms with Gasteiger partial charge in [0.1, 0.15) is 0 Å². The van der Waals surface area contributed by atoms with E-state index in [1.807, 2.05) is 0 Å². The summed E-state index contributed by atoms with van der Waals surface area (Å²) in [7, 11) is 0. The summed E-state index contributed by atoms with van der Waals surface area (Å²) in [5.74, 6) is 1.53. The summed E-state index contributed by atoms with van der Waals surface area (Å²) in [6.07, 6.45) is 7.27. The van der Waals surface area contributed by atoms with E-state index in [1.54, 1.807) is 0 Å². The number of hydrogen-bond donors (Lipinski definition) is 1. The summed E-state index contributed by atoms with van der Waals surface area (Å²) in [6, 6.07) is 1.13. The first-order valence-electron chi connectivity index (χ1n) is 7.29. The zero-order valence-electron chi connectivity index (χ0n) is 10.8. The maximum Gasteiger partial charge on any atom is 0.227 e. The van der Waals surface area contributed by atoms with Gasteiger partial charge >= 0.3 is 0 Å². The second kappa shape index (κ2) is 4.60. The Balaban J connectivity index is 1.62. The maximum absolute atomic E-state index is 12.5. The Morgan fingerprint density at radius 3 is 2.76 bits per heavy atom. The fourth-order valence-electron chi connectivity index (χ4n) is 3.81. The maximum atomic E-state index is 12.5. The van der Waals surface area contributed by atoms with Gasteiger partial charge in [-0.15, -0.1) is 0 Å². The largest absolute Gasteiger partial charge is 0.342 e. The highest BCUT2D eigenvalue weighted by atomic mass is 16.2. The van der Waals surface area contributed by atoms with Crippen molar-refractivity contribution in [2.75, 3.05) is 13.1 Å². The molecule has 3 aliphatic heterocycles. The summed E-state index contributed by atoms with van der Waals surface area (Å²) in [6.45, 7) is 4.30. The van der Waals surface area contributed by atoms with Crippen LogP contribution in [0.5, 0.6) is 0 Å². The molecule has 0 spiro atoms. The van der Waals surface area contributed by atoms with Crippen LogP contribution in [0.15, 0.2) is 0 Å². The van der Waals surface area contributed by atoms with Crippen molar-refractivity contribution >= 4 is 5.91 Å². The van der Waals surface area contributed by atoms with E-state index in [9.17, 15) is 4.79 Å². The highest BCUT2D eigenvalue weighted by molar-refractivity contribution is 5.80. The Kier molecular flexibility index (Phi) is 3.12. The lowest BCUT2D eigenvalue weighted by molar-refractivity contribution is -0.136. The van der Waals surface area contributed by atoms with Crippen molar-refractivity contribution in [3.8, 4) is 0 Å². The fraction of sp³-hybridized carbons (Fsp3) is 0.929. The highest BCUT2D eigenvalue weighted by Gasteiger charge is 2.44. The molecule has 0 aliphatic carbocycles. The molecule has 3 rings (SSSR count). The fourth-order valence-corrected chi connectivity index (χ4v) is 3.81. The molecule has 2 bridgehead atoms. The van der Waals surface area contributed by atoms with Gasteiger partial charge in [0.05, 0.1) is 5.92 Å². The predicted molar refractivity (Wildman–Crippen MR) is 67.6 cm³/mol. The molecule has 4 atom stereocenters. The molecule has 3 aliphatic rings. The van der Waals surface area contributed by atoms with E-state index in [1.165, 1.54) is 32.1 Å². The van der Waals surface area contributed by atoms with Crippen LogP contribution in [0.3, 0.4) is 0 Å². The third kappa shape index (κ3) is 2.22. The summed E-state index contributed by atoms with van der Waals surface area (Å²) >= 11 is 0. The van der Waals surface area contributed by atoms with Crippen LogP contribution in [0, 0.1) is 11.8 Å². The second-order valence-corrected chi connectivity index (χ2v) is 6.25. The smallest absolute Gasteiger partial charge is 0.227 e. The van der Waals surface area contributed by atoms with Crippen molar-refractivity contribution in [1.82, 2.24) is 10.2 Å². The van der Waals surface area contributed by atoms with Gasteiger partial charge in [0.2, 0.25) is 5.91 Å². The normalized spacial score (nSPS) is 41.6. The molecule has 1 amide bonds. The van der Waals surface area contributed by atoms with E-state index >= 15 is 0 Å². The Morgan fingerprint density at radius 2 is 2.06 bits per heavy atom. The molecule has 3 heterocycles. The molecule has 0 aromatic heterocycles. The minimum atomic E-state index is 0.294. The SMILES string of the molecule is CC1CCCN(C(=O)C2CC3CCC2N3)CC1. The third-order valence-electron chi connectivity index (χ3n) is 4.95. The second-order valence-electron chi connectivity index (χ2n) is 6.25. The molecule has 4 unspecified atom stereocenters. The van der Waals surface area contributed by atoms with Crippen LogP contribution < -0.4 is 5.32 Å². The van der Waals surface area contributed by atoms with Crippen LogP contribution in [-0.2, 0) is 4.79 Å². The predicted octanol–water partition coefficient (Wildman–Crippen LogP) is 1.78. The number of hydrogen-bond acceptors (Lipinski definition) is 2. The van der Waals surface area contributed by atoms with E-state index < -0.39 is 0 Å². The monoisotopic (exact) mass is 236 g/mol. The zero-order valence-corrected chi connectivity index (χ0v) is 10.8. The van der Waals surface area contributed by atoms with Gasteiger partial charge < -0.3 is 10.2 Å². The van der Waals surface area contributed by atoms with Crippen LogP contribution in [0.1, 0.15) is 45.4 Å². The topological polar surface area (TPSA) is 32.3 Å². The quantitative estimate of drug-likeness (QED) is 0.752. The molecule has 0 aromatic rings. The molecule has 1 N–H and O–H groups in total. The van der Waals surface area contributed by atoms with E-state index in [-0.39, 0.29) is 0 Å². The lowest BCUT2D eigenvalue weighted by Gasteiger charge is -2.27. The van der Waals surface area contributed by atoms with Gasteiger partial charge in [-0.3, -0.25) is 4.79 Å². The van der Waals surface area contributed by atoms with E-state index in [4.69, 9.17) is 0 Å². The molecular formula is C14H24N2O. The van der Waals surface area contributed by atoms with Crippen LogP contribution >= 0.6 is 0 Å². The van der Waals surface area contributed by atoms with Crippen molar-refractivity contribution < 1.29 is 4.79 Å². The van der Waals surface area contributed by atoms with Crippen LogP contribution in [0.2, 0.25) is 0 Å². The van der Waals surface area contributed by atoms with Crippen molar-refractivity contribution in [2.24, 2.45) is 11.8 Å². The average molecular weight is 236 g/mol. The Morgan fingerprint density at radius 1 is 1.18 bits per heavy atom. The van der Waals surface area contributed by atoms with Gasteiger partial charge in [0, 0.05) is 25.2 Å². The molecule has 3 nitrogen and oxygen atoms in total. The summed E-state index contributed by atoms with van der Waals surface area (Å²) in [5.41, 5.74) is 0. The van der Waals surface area contributed by atoms with Crippen LogP contribution in [-0.4, -0.2) is 36.0 Å². The van der Waals surface area contributed by atoms with E-state index in [2.05, 4.69) is 17.1 Å². The van der Waals surface area contributed by atoms with Gasteiger partial charge in [-0.05, 0) is 44.4 Å². The first-order valence-corrected chi connectivity index (χ1v) is 7.29. The number of carbonyl (C=O) groups is 1. The van der Waals surface area contributed by atoms with Gasteiger partial charge in [0.15, 0.2) is 0 Å². The van der Waals surface area contributed by atoms with Crippen molar-refractivity contribution in [1.29, 1.82) is 0 Å². The molecule has 0 aromatic carbocycles. The third-order valence-corrected chi connectivity index (χ3v) is 4.95. The van der Waals surface area contributed by atoms with E-state index in [0.717, 1.165) is 25.4 Å². The number of fused-ring (bicyclic) bond motifs is 2. The summed E-state index contributed by atoms with van der Waals surface area (Å²) in [4.78, 5) is 14.7. The Hall–Kier alpha value is -0.570. The summed E-state index contributed by atoms with van der Waals surface area (Å²) in [5, 5.41) is 3.57. The lowest BCUT2D eigenvalue weighted by Crippen LogP contribution is -2.41.